The number of methoxy groups -OCH3 is 4. The van der Waals surface area contributed by atoms with Crippen molar-refractivity contribution in [1.82, 2.24) is 0 Å². The van der Waals surface area contributed by atoms with Gasteiger partial charge in [-0.1, -0.05) is 131 Å². The van der Waals surface area contributed by atoms with E-state index in [0.29, 0.717) is 25.7 Å². The first kappa shape index (κ1) is 41.7. The average Bonchev–Trinajstić information content (AvgIpc) is 3.16. The normalized spacial score (nSPS) is 10.1. The summed E-state index contributed by atoms with van der Waals surface area (Å²) in [7, 11) is 6.59. The van der Waals surface area contributed by atoms with Crippen molar-refractivity contribution in [2.75, 3.05) is 28.4 Å². The molecule has 6 rings (SSSR count). The third kappa shape index (κ3) is 10.7. The van der Waals surface area contributed by atoms with Gasteiger partial charge in [0.2, 0.25) is 0 Å². The monoisotopic (exact) mass is 680 g/mol. The molecule has 0 aromatic heterocycles. The van der Waals surface area contributed by atoms with E-state index in [4.69, 9.17) is 18.9 Å². The molecule has 0 heterocycles. The second-order valence-corrected chi connectivity index (χ2v) is 11.8. The minimum absolute atomic E-state index is 0. The summed E-state index contributed by atoms with van der Waals surface area (Å²) < 4.78 is 21.6. The zero-order valence-corrected chi connectivity index (χ0v) is 31.0. The molecule has 0 fully saturated rings. The Morgan fingerprint density at radius 3 is 0.712 bits per heavy atom. The van der Waals surface area contributed by atoms with E-state index < -0.39 is 0 Å². The maximum absolute atomic E-state index is 12.9. The van der Waals surface area contributed by atoms with Gasteiger partial charge < -0.3 is 29.2 Å². The van der Waals surface area contributed by atoms with Crippen LogP contribution < -0.4 is 66.9 Å². The first-order chi connectivity index (χ1) is 24.4. The largest absolute Gasteiger partial charge is 1.00 e. The fourth-order valence-corrected chi connectivity index (χ4v) is 6.05. The molecule has 0 aliphatic carbocycles. The third-order valence-electron chi connectivity index (χ3n) is 8.65. The predicted octanol–water partition coefficient (Wildman–Crippen LogP) is 1.93. The molecule has 0 bridgehead atoms. The average molecular weight is 681 g/mol. The second-order valence-electron chi connectivity index (χ2n) is 11.8. The van der Waals surface area contributed by atoms with Gasteiger partial charge in [0.25, 0.3) is 0 Å². The molecular formula is C44H42Li2O6. The summed E-state index contributed by atoms with van der Waals surface area (Å²) in [4.78, 5) is 0. The van der Waals surface area contributed by atoms with Crippen LogP contribution in [0.2, 0.25) is 0 Å². The number of para-hydroxylation sites is 6. The van der Waals surface area contributed by atoms with E-state index >= 15 is 0 Å². The van der Waals surface area contributed by atoms with Crippen molar-refractivity contribution in [1.29, 1.82) is 0 Å². The number of ether oxygens (including phenoxy) is 4. The van der Waals surface area contributed by atoms with Crippen LogP contribution >= 0.6 is 0 Å². The first-order valence-corrected chi connectivity index (χ1v) is 16.5. The molecule has 8 heteroatoms. The maximum Gasteiger partial charge on any atom is 1.00 e. The zero-order valence-electron chi connectivity index (χ0n) is 31.0. The van der Waals surface area contributed by atoms with Gasteiger partial charge in [0.15, 0.2) is 0 Å². The maximum atomic E-state index is 12.9. The smallest absolute Gasteiger partial charge is 0.872 e. The SMILES string of the molecule is COc1ccccc1Cc1cccc(Cc2ccccc2OC)c1[O-].COc1ccccc1Cc1cccc(Cc2ccccc2OC)c1[O-].[Li+].[Li+]. The Morgan fingerprint density at radius 2 is 0.500 bits per heavy atom. The fraction of sp³-hybridized carbons (Fsp3) is 0.182. The van der Waals surface area contributed by atoms with Gasteiger partial charge in [-0.2, -0.15) is 0 Å². The van der Waals surface area contributed by atoms with Crippen molar-refractivity contribution >= 4 is 0 Å². The van der Waals surface area contributed by atoms with Crippen molar-refractivity contribution in [3.8, 4) is 34.5 Å². The molecule has 52 heavy (non-hydrogen) atoms. The van der Waals surface area contributed by atoms with E-state index in [9.17, 15) is 10.2 Å². The van der Waals surface area contributed by atoms with E-state index in [0.717, 1.165) is 67.5 Å². The van der Waals surface area contributed by atoms with Crippen molar-refractivity contribution in [3.63, 3.8) is 0 Å². The summed E-state index contributed by atoms with van der Waals surface area (Å²) in [5.41, 5.74) is 7.14. The molecule has 6 aromatic carbocycles. The summed E-state index contributed by atoms with van der Waals surface area (Å²) >= 11 is 0. The standard InChI is InChI=1S/2C22H22O3.2Li/c2*1-24-20-12-5-3-8-16(20)14-18-10-7-11-19(22(18)23)15-17-9-4-6-13-21(17)25-2;;/h2*3-13,23H,14-15H2,1-2H3;;/q;;2*+1/p-2. The van der Waals surface area contributed by atoms with Crippen LogP contribution in [0.3, 0.4) is 0 Å². The quantitative estimate of drug-likeness (QED) is 0.184. The fourth-order valence-electron chi connectivity index (χ4n) is 6.05. The molecule has 0 spiro atoms. The van der Waals surface area contributed by atoms with Crippen LogP contribution in [0.1, 0.15) is 44.5 Å². The summed E-state index contributed by atoms with van der Waals surface area (Å²) in [5, 5.41) is 25.8. The van der Waals surface area contributed by atoms with E-state index in [1.807, 2.05) is 133 Å². The van der Waals surface area contributed by atoms with E-state index in [1.54, 1.807) is 28.4 Å². The molecule has 0 N–H and O–H groups in total. The number of rotatable bonds is 12. The van der Waals surface area contributed by atoms with Gasteiger partial charge in [0, 0.05) is 25.7 Å². The van der Waals surface area contributed by atoms with Gasteiger partial charge in [0.1, 0.15) is 23.0 Å². The van der Waals surface area contributed by atoms with E-state index in [2.05, 4.69) is 0 Å². The van der Waals surface area contributed by atoms with Crippen LogP contribution in [-0.2, 0) is 25.7 Å². The summed E-state index contributed by atoms with van der Waals surface area (Å²) in [6.45, 7) is 0. The van der Waals surface area contributed by atoms with Crippen LogP contribution in [0.25, 0.3) is 0 Å². The van der Waals surface area contributed by atoms with Gasteiger partial charge in [-0.25, -0.2) is 0 Å². The third-order valence-corrected chi connectivity index (χ3v) is 8.65. The Morgan fingerprint density at radius 1 is 0.308 bits per heavy atom. The Bertz CT molecular complexity index is 1730. The molecule has 0 saturated carbocycles. The molecule has 0 aliphatic heterocycles. The summed E-state index contributed by atoms with van der Waals surface area (Å²) in [6.07, 6.45) is 2.23. The Balaban J connectivity index is 0.000000270. The Labute approximate surface area is 331 Å². The van der Waals surface area contributed by atoms with Crippen molar-refractivity contribution in [3.05, 3.63) is 178 Å². The second kappa shape index (κ2) is 21.0. The summed E-state index contributed by atoms with van der Waals surface area (Å²) in [6, 6.07) is 42.6. The van der Waals surface area contributed by atoms with Crippen LogP contribution in [0, 0.1) is 0 Å². The Hall–Kier alpha value is -4.69. The first-order valence-electron chi connectivity index (χ1n) is 16.5. The zero-order chi connectivity index (χ0) is 35.3. The van der Waals surface area contributed by atoms with Gasteiger partial charge >= 0.3 is 37.7 Å². The van der Waals surface area contributed by atoms with Crippen LogP contribution in [0.5, 0.6) is 34.5 Å². The van der Waals surface area contributed by atoms with Crippen molar-refractivity contribution < 1.29 is 66.9 Å². The number of hydrogen-bond donors (Lipinski definition) is 0. The van der Waals surface area contributed by atoms with Gasteiger partial charge in [0.05, 0.1) is 28.4 Å². The van der Waals surface area contributed by atoms with E-state index in [1.165, 1.54) is 0 Å². The van der Waals surface area contributed by atoms with Crippen LogP contribution in [-0.4, -0.2) is 28.4 Å². The predicted molar refractivity (Wildman–Crippen MR) is 195 cm³/mol. The minimum Gasteiger partial charge on any atom is -0.872 e. The van der Waals surface area contributed by atoms with Gasteiger partial charge in [-0.05, 0) is 46.5 Å². The molecule has 6 aromatic rings. The molecule has 0 unspecified atom stereocenters. The molecule has 0 radical (unpaired) electrons. The topological polar surface area (TPSA) is 83.0 Å². The molecule has 0 atom stereocenters. The molecule has 0 saturated heterocycles. The van der Waals surface area contributed by atoms with Crippen LogP contribution in [0.4, 0.5) is 0 Å². The summed E-state index contributed by atoms with van der Waals surface area (Å²) in [5.74, 6) is 3.38. The van der Waals surface area contributed by atoms with E-state index in [-0.39, 0.29) is 49.2 Å². The molecule has 6 nitrogen and oxygen atoms in total. The van der Waals surface area contributed by atoms with Gasteiger partial charge in [-0.3, -0.25) is 0 Å². The molecule has 0 aliphatic rings. The molecule has 0 amide bonds. The number of hydrogen-bond acceptors (Lipinski definition) is 6. The molecule has 256 valence electrons. The minimum atomic E-state index is 0. The van der Waals surface area contributed by atoms with Crippen molar-refractivity contribution in [2.24, 2.45) is 0 Å². The molecular weight excluding hydrogens is 638 g/mol. The van der Waals surface area contributed by atoms with Crippen LogP contribution in [0.15, 0.2) is 133 Å². The Kier molecular flexibility index (Phi) is 16.8. The van der Waals surface area contributed by atoms with Gasteiger partial charge in [-0.15, -0.1) is 11.5 Å². The van der Waals surface area contributed by atoms with Crippen molar-refractivity contribution in [2.45, 2.75) is 25.7 Å². The number of benzene rings is 6.